The standard InChI is InChI=1S/C19H29NO5/c1-12-3-4-15(21)13(2)10-17-18(16(22)9-12)14(19(23)25-17)11-20-5-7-24-8-6-20/h9-10,14-18,21-22H,3-8,11H2,1-2H3/b12-9+,13-10+/t14?,15-,16+,17-,18?/m0/s1. The molecule has 0 bridgehead atoms. The predicted molar refractivity (Wildman–Crippen MR) is 92.9 cm³/mol. The summed E-state index contributed by atoms with van der Waals surface area (Å²) < 4.78 is 11.0. The summed E-state index contributed by atoms with van der Waals surface area (Å²) in [6, 6.07) is 0. The van der Waals surface area contributed by atoms with Gasteiger partial charge in [-0.3, -0.25) is 9.69 Å². The average Bonchev–Trinajstić information content (AvgIpc) is 2.88. The number of fused-ring (bicyclic) bond motifs is 1. The Morgan fingerprint density at radius 1 is 1.20 bits per heavy atom. The van der Waals surface area contributed by atoms with E-state index < -0.39 is 18.3 Å². The number of morpholine rings is 1. The molecule has 1 aliphatic carbocycles. The maximum atomic E-state index is 12.5. The number of aliphatic hydroxyl groups is 2. The van der Waals surface area contributed by atoms with Crippen molar-refractivity contribution in [2.45, 2.75) is 45.0 Å². The fourth-order valence-corrected chi connectivity index (χ4v) is 3.97. The number of hydrogen-bond donors (Lipinski definition) is 2. The molecule has 0 saturated carbocycles. The average molecular weight is 351 g/mol. The summed E-state index contributed by atoms with van der Waals surface area (Å²) in [5, 5.41) is 21.1. The molecule has 3 aliphatic rings. The second-order valence-electron chi connectivity index (χ2n) is 7.47. The van der Waals surface area contributed by atoms with Crippen LogP contribution in [0.25, 0.3) is 0 Å². The van der Waals surface area contributed by atoms with Gasteiger partial charge >= 0.3 is 5.97 Å². The van der Waals surface area contributed by atoms with Crippen LogP contribution < -0.4 is 0 Å². The van der Waals surface area contributed by atoms with Gasteiger partial charge in [-0.15, -0.1) is 0 Å². The molecule has 2 heterocycles. The zero-order valence-corrected chi connectivity index (χ0v) is 15.1. The zero-order chi connectivity index (χ0) is 18.0. The lowest BCUT2D eigenvalue weighted by atomic mass is 9.82. The number of nitrogens with zero attached hydrogens (tertiary/aromatic N) is 1. The highest BCUT2D eigenvalue weighted by Gasteiger charge is 2.47. The second-order valence-corrected chi connectivity index (χ2v) is 7.47. The first-order valence-corrected chi connectivity index (χ1v) is 9.18. The van der Waals surface area contributed by atoms with E-state index in [0.29, 0.717) is 26.2 Å². The number of rotatable bonds is 2. The van der Waals surface area contributed by atoms with E-state index in [4.69, 9.17) is 9.47 Å². The van der Waals surface area contributed by atoms with Crippen molar-refractivity contribution in [3.8, 4) is 0 Å². The fraction of sp³-hybridized carbons (Fsp3) is 0.737. The van der Waals surface area contributed by atoms with Crippen LogP contribution in [-0.2, 0) is 14.3 Å². The van der Waals surface area contributed by atoms with Crippen molar-refractivity contribution in [2.75, 3.05) is 32.8 Å². The summed E-state index contributed by atoms with van der Waals surface area (Å²) in [7, 11) is 0. The Labute approximate surface area is 149 Å². The Morgan fingerprint density at radius 2 is 1.92 bits per heavy atom. The van der Waals surface area contributed by atoms with Gasteiger partial charge in [-0.2, -0.15) is 0 Å². The molecule has 5 atom stereocenters. The molecule has 2 unspecified atom stereocenters. The van der Waals surface area contributed by atoms with Crippen LogP contribution in [0.5, 0.6) is 0 Å². The number of allylic oxidation sites excluding steroid dienone is 1. The van der Waals surface area contributed by atoms with E-state index in [0.717, 1.165) is 30.7 Å². The van der Waals surface area contributed by atoms with Crippen molar-refractivity contribution < 1.29 is 24.5 Å². The number of aliphatic hydroxyl groups excluding tert-OH is 2. The van der Waals surface area contributed by atoms with Gasteiger partial charge in [0.05, 0.1) is 31.3 Å². The van der Waals surface area contributed by atoms with Gasteiger partial charge in [-0.05, 0) is 38.3 Å². The highest BCUT2D eigenvalue weighted by Crippen LogP contribution is 2.35. The molecule has 25 heavy (non-hydrogen) atoms. The van der Waals surface area contributed by atoms with Gasteiger partial charge in [0.15, 0.2) is 0 Å². The molecular weight excluding hydrogens is 322 g/mol. The molecule has 0 aromatic carbocycles. The smallest absolute Gasteiger partial charge is 0.311 e. The molecule has 6 nitrogen and oxygen atoms in total. The molecule has 140 valence electrons. The lowest BCUT2D eigenvalue weighted by molar-refractivity contribution is -0.143. The summed E-state index contributed by atoms with van der Waals surface area (Å²) >= 11 is 0. The van der Waals surface area contributed by atoms with Crippen molar-refractivity contribution in [3.05, 3.63) is 23.3 Å². The number of carbonyl (C=O) groups is 1. The van der Waals surface area contributed by atoms with E-state index in [1.54, 1.807) is 0 Å². The van der Waals surface area contributed by atoms with Crippen LogP contribution >= 0.6 is 0 Å². The number of carbonyl (C=O) groups excluding carboxylic acids is 1. The highest BCUT2D eigenvalue weighted by molar-refractivity contribution is 5.76. The maximum absolute atomic E-state index is 12.5. The Bertz CT molecular complexity index is 552. The van der Waals surface area contributed by atoms with Crippen LogP contribution in [0.15, 0.2) is 23.3 Å². The summed E-state index contributed by atoms with van der Waals surface area (Å²) in [5.74, 6) is -0.960. The topological polar surface area (TPSA) is 79.2 Å². The van der Waals surface area contributed by atoms with Crippen LogP contribution in [0, 0.1) is 11.8 Å². The van der Waals surface area contributed by atoms with Gasteiger partial charge in [0.1, 0.15) is 6.10 Å². The van der Waals surface area contributed by atoms with Gasteiger partial charge in [0, 0.05) is 25.6 Å². The van der Waals surface area contributed by atoms with Gasteiger partial charge in [0.25, 0.3) is 0 Å². The fourth-order valence-electron chi connectivity index (χ4n) is 3.97. The van der Waals surface area contributed by atoms with E-state index in [9.17, 15) is 15.0 Å². The molecule has 2 N–H and O–H groups in total. The minimum atomic E-state index is -0.734. The first-order valence-electron chi connectivity index (χ1n) is 9.18. The minimum Gasteiger partial charge on any atom is -0.457 e. The van der Waals surface area contributed by atoms with Crippen molar-refractivity contribution in [1.29, 1.82) is 0 Å². The normalized spacial score (nSPS) is 41.9. The lowest BCUT2D eigenvalue weighted by Crippen LogP contribution is -2.43. The Kier molecular flexibility index (Phi) is 5.94. The zero-order valence-electron chi connectivity index (χ0n) is 15.1. The second kappa shape index (κ2) is 7.99. The maximum Gasteiger partial charge on any atom is 0.311 e. The van der Waals surface area contributed by atoms with E-state index in [2.05, 4.69) is 4.90 Å². The van der Waals surface area contributed by atoms with Gasteiger partial charge in [0.2, 0.25) is 0 Å². The van der Waals surface area contributed by atoms with Gasteiger partial charge in [-0.25, -0.2) is 0 Å². The number of esters is 1. The van der Waals surface area contributed by atoms with E-state index in [1.165, 1.54) is 0 Å². The molecule has 0 radical (unpaired) electrons. The highest BCUT2D eigenvalue weighted by atomic mass is 16.6. The monoisotopic (exact) mass is 351 g/mol. The van der Waals surface area contributed by atoms with Gasteiger partial charge < -0.3 is 19.7 Å². The van der Waals surface area contributed by atoms with Gasteiger partial charge in [-0.1, -0.05) is 11.6 Å². The molecule has 0 amide bonds. The summed E-state index contributed by atoms with van der Waals surface area (Å²) in [6.07, 6.45) is 3.21. The molecule has 0 aromatic rings. The first-order chi connectivity index (χ1) is 12.0. The van der Waals surface area contributed by atoms with Crippen molar-refractivity contribution in [1.82, 2.24) is 4.90 Å². The largest absolute Gasteiger partial charge is 0.457 e. The molecule has 3 rings (SSSR count). The van der Waals surface area contributed by atoms with E-state index in [1.807, 2.05) is 26.0 Å². The Morgan fingerprint density at radius 3 is 2.64 bits per heavy atom. The van der Waals surface area contributed by atoms with Crippen LogP contribution in [0.4, 0.5) is 0 Å². The van der Waals surface area contributed by atoms with Crippen molar-refractivity contribution in [3.63, 3.8) is 0 Å². The van der Waals surface area contributed by atoms with E-state index in [-0.39, 0.29) is 17.8 Å². The predicted octanol–water partition coefficient (Wildman–Crippen LogP) is 0.885. The van der Waals surface area contributed by atoms with Crippen LogP contribution in [0.2, 0.25) is 0 Å². The lowest BCUT2D eigenvalue weighted by Gasteiger charge is -2.31. The molecule has 0 spiro atoms. The molecule has 2 fully saturated rings. The summed E-state index contributed by atoms with van der Waals surface area (Å²) in [6.45, 7) is 7.31. The number of hydrogen-bond acceptors (Lipinski definition) is 6. The summed E-state index contributed by atoms with van der Waals surface area (Å²) in [4.78, 5) is 14.7. The van der Waals surface area contributed by atoms with E-state index >= 15 is 0 Å². The van der Waals surface area contributed by atoms with Crippen LogP contribution in [0.1, 0.15) is 26.7 Å². The third-order valence-electron chi connectivity index (χ3n) is 5.57. The van der Waals surface area contributed by atoms with Crippen LogP contribution in [-0.4, -0.2) is 72.2 Å². The molecule has 2 saturated heterocycles. The molecule has 6 heteroatoms. The Hall–Kier alpha value is -1.21. The van der Waals surface area contributed by atoms with Crippen molar-refractivity contribution in [2.24, 2.45) is 11.8 Å². The number of ether oxygens (including phenoxy) is 2. The Balaban J connectivity index is 1.85. The third-order valence-corrected chi connectivity index (χ3v) is 5.57. The molecule has 0 aromatic heterocycles. The van der Waals surface area contributed by atoms with Crippen molar-refractivity contribution >= 4 is 5.97 Å². The summed E-state index contributed by atoms with van der Waals surface area (Å²) in [5.41, 5.74) is 1.83. The minimum absolute atomic E-state index is 0.260. The molecule has 2 aliphatic heterocycles. The molecular formula is C19H29NO5. The first kappa shape index (κ1) is 18.6. The third kappa shape index (κ3) is 4.31. The van der Waals surface area contributed by atoms with Crippen LogP contribution in [0.3, 0.4) is 0 Å². The quantitative estimate of drug-likeness (QED) is 0.568. The SMILES string of the molecule is C/C1=C\[C@@H](O)C2C(CN3CCOCC3)C(=O)O[C@H]2/C=C(\C)[C@@H](O)CC1.